The standard InChI is InChI=1S/C22H23N3O4S/c1-2-16-4-3-5-19(14-16)24-22(27)15-23-21(26)13-8-17-6-11-20(12-7-17)30(28,29)25-18-9-10-18/h1,3-7,11-12,14,18,25H,8-10,13,15H2,(H,23,26)(H,24,27). The van der Waals surface area contributed by atoms with Crippen molar-refractivity contribution in [3.8, 4) is 12.3 Å². The van der Waals surface area contributed by atoms with Crippen LogP contribution in [0.2, 0.25) is 0 Å². The first-order chi connectivity index (χ1) is 14.4. The third kappa shape index (κ3) is 6.44. The molecule has 8 heteroatoms. The summed E-state index contributed by atoms with van der Waals surface area (Å²) in [6.07, 6.45) is 7.71. The van der Waals surface area contributed by atoms with Gasteiger partial charge in [-0.3, -0.25) is 9.59 Å². The first-order valence-electron chi connectivity index (χ1n) is 9.60. The zero-order valence-corrected chi connectivity index (χ0v) is 17.2. The summed E-state index contributed by atoms with van der Waals surface area (Å²) < 4.78 is 26.9. The lowest BCUT2D eigenvalue weighted by Gasteiger charge is -2.08. The number of terminal acetylenes is 1. The van der Waals surface area contributed by atoms with E-state index in [-0.39, 0.29) is 35.7 Å². The highest BCUT2D eigenvalue weighted by Gasteiger charge is 2.27. The Morgan fingerprint density at radius 2 is 1.80 bits per heavy atom. The molecule has 0 heterocycles. The molecule has 1 saturated carbocycles. The summed E-state index contributed by atoms with van der Waals surface area (Å²) in [5.74, 6) is 1.87. The average molecular weight is 426 g/mol. The van der Waals surface area contributed by atoms with Gasteiger partial charge in [-0.25, -0.2) is 13.1 Å². The second-order valence-electron chi connectivity index (χ2n) is 7.09. The number of anilines is 1. The number of sulfonamides is 1. The van der Waals surface area contributed by atoms with Gasteiger partial charge in [0.2, 0.25) is 21.8 Å². The molecule has 156 valence electrons. The third-order valence-electron chi connectivity index (χ3n) is 4.53. The molecule has 1 aliphatic carbocycles. The van der Waals surface area contributed by atoms with Gasteiger partial charge < -0.3 is 10.6 Å². The molecule has 3 N–H and O–H groups in total. The van der Waals surface area contributed by atoms with Crippen LogP contribution in [0.15, 0.2) is 53.4 Å². The summed E-state index contributed by atoms with van der Waals surface area (Å²) in [6.45, 7) is -0.150. The Balaban J connectivity index is 1.42. The van der Waals surface area contributed by atoms with E-state index in [4.69, 9.17) is 6.42 Å². The van der Waals surface area contributed by atoms with Crippen LogP contribution in [0, 0.1) is 12.3 Å². The molecule has 7 nitrogen and oxygen atoms in total. The summed E-state index contributed by atoms with van der Waals surface area (Å²) >= 11 is 0. The van der Waals surface area contributed by atoms with Crippen molar-refractivity contribution in [1.29, 1.82) is 0 Å². The van der Waals surface area contributed by atoms with Gasteiger partial charge in [0.15, 0.2) is 0 Å². The van der Waals surface area contributed by atoms with Crippen molar-refractivity contribution in [2.45, 2.75) is 36.6 Å². The maximum absolute atomic E-state index is 12.2. The number of carbonyl (C=O) groups excluding carboxylic acids is 2. The highest BCUT2D eigenvalue weighted by molar-refractivity contribution is 7.89. The monoisotopic (exact) mass is 425 g/mol. The van der Waals surface area contributed by atoms with E-state index in [2.05, 4.69) is 21.3 Å². The van der Waals surface area contributed by atoms with Gasteiger partial charge in [-0.05, 0) is 55.2 Å². The number of hydrogen-bond acceptors (Lipinski definition) is 4. The van der Waals surface area contributed by atoms with E-state index in [0.29, 0.717) is 17.7 Å². The Labute approximate surface area is 176 Å². The molecule has 2 aromatic rings. The largest absolute Gasteiger partial charge is 0.347 e. The van der Waals surface area contributed by atoms with Crippen molar-refractivity contribution < 1.29 is 18.0 Å². The Hall–Kier alpha value is -3.15. The maximum atomic E-state index is 12.2. The lowest BCUT2D eigenvalue weighted by atomic mass is 10.1. The van der Waals surface area contributed by atoms with E-state index in [1.165, 1.54) is 12.1 Å². The number of benzene rings is 2. The van der Waals surface area contributed by atoms with Gasteiger partial charge >= 0.3 is 0 Å². The second kappa shape index (κ2) is 9.57. The lowest BCUT2D eigenvalue weighted by molar-refractivity contribution is -0.124. The minimum Gasteiger partial charge on any atom is -0.347 e. The molecular weight excluding hydrogens is 402 g/mol. The Morgan fingerprint density at radius 3 is 2.47 bits per heavy atom. The van der Waals surface area contributed by atoms with Crippen molar-refractivity contribution >= 4 is 27.5 Å². The number of amides is 2. The molecular formula is C22H23N3O4S. The highest BCUT2D eigenvalue weighted by atomic mass is 32.2. The van der Waals surface area contributed by atoms with Gasteiger partial charge in [0.05, 0.1) is 11.4 Å². The van der Waals surface area contributed by atoms with Gasteiger partial charge in [0.1, 0.15) is 0 Å². The van der Waals surface area contributed by atoms with Crippen LogP contribution >= 0.6 is 0 Å². The van der Waals surface area contributed by atoms with Gasteiger partial charge in [-0.1, -0.05) is 24.1 Å². The smallest absolute Gasteiger partial charge is 0.243 e. The second-order valence-corrected chi connectivity index (χ2v) is 8.80. The summed E-state index contributed by atoms with van der Waals surface area (Å²) in [6, 6.07) is 13.4. The van der Waals surface area contributed by atoms with Crippen LogP contribution in [0.4, 0.5) is 5.69 Å². The summed E-state index contributed by atoms with van der Waals surface area (Å²) in [7, 11) is -3.48. The fraction of sp³-hybridized carbons (Fsp3) is 0.273. The van der Waals surface area contributed by atoms with Crippen molar-refractivity contribution in [3.63, 3.8) is 0 Å². The van der Waals surface area contributed by atoms with Gasteiger partial charge in [-0.15, -0.1) is 6.42 Å². The number of nitrogens with one attached hydrogen (secondary N) is 3. The summed E-state index contributed by atoms with van der Waals surface area (Å²) in [4.78, 5) is 24.2. The normalized spacial score (nSPS) is 13.3. The molecule has 0 saturated heterocycles. The molecule has 2 aromatic carbocycles. The molecule has 0 unspecified atom stereocenters. The quantitative estimate of drug-likeness (QED) is 0.533. The molecule has 0 atom stereocenters. The molecule has 0 aliphatic heterocycles. The first-order valence-corrected chi connectivity index (χ1v) is 11.1. The number of aryl methyl sites for hydroxylation is 1. The van der Waals surface area contributed by atoms with Gasteiger partial charge in [0, 0.05) is 23.7 Å². The molecule has 3 rings (SSSR count). The van der Waals surface area contributed by atoms with Crippen molar-refractivity contribution in [1.82, 2.24) is 10.0 Å². The minimum atomic E-state index is -3.48. The van der Waals surface area contributed by atoms with E-state index in [0.717, 1.165) is 18.4 Å². The fourth-order valence-electron chi connectivity index (χ4n) is 2.74. The van der Waals surface area contributed by atoms with Crippen LogP contribution in [0.3, 0.4) is 0 Å². The van der Waals surface area contributed by atoms with Crippen molar-refractivity contribution in [2.75, 3.05) is 11.9 Å². The predicted molar refractivity (Wildman–Crippen MR) is 114 cm³/mol. The zero-order chi connectivity index (χ0) is 21.6. The number of carbonyl (C=O) groups is 2. The van der Waals surface area contributed by atoms with E-state index in [1.807, 2.05) is 0 Å². The molecule has 1 fully saturated rings. The maximum Gasteiger partial charge on any atom is 0.243 e. The number of rotatable bonds is 9. The Kier molecular flexibility index (Phi) is 6.87. The van der Waals surface area contributed by atoms with E-state index >= 15 is 0 Å². The SMILES string of the molecule is C#Cc1cccc(NC(=O)CNC(=O)CCc2ccc(S(=O)(=O)NC3CC3)cc2)c1. The molecule has 0 bridgehead atoms. The van der Waals surface area contributed by atoms with Gasteiger partial charge in [0.25, 0.3) is 0 Å². The summed E-state index contributed by atoms with van der Waals surface area (Å²) in [5.41, 5.74) is 2.06. The van der Waals surface area contributed by atoms with E-state index in [1.54, 1.807) is 36.4 Å². The molecule has 0 radical (unpaired) electrons. The molecule has 0 spiro atoms. The topological polar surface area (TPSA) is 104 Å². The minimum absolute atomic E-state index is 0.0526. The lowest BCUT2D eigenvalue weighted by Crippen LogP contribution is -2.33. The van der Waals surface area contributed by atoms with Gasteiger partial charge in [-0.2, -0.15) is 0 Å². The molecule has 0 aromatic heterocycles. The van der Waals surface area contributed by atoms with Crippen molar-refractivity contribution in [3.05, 3.63) is 59.7 Å². The Morgan fingerprint density at radius 1 is 1.07 bits per heavy atom. The highest BCUT2D eigenvalue weighted by Crippen LogP contribution is 2.22. The molecule has 2 amide bonds. The molecule has 30 heavy (non-hydrogen) atoms. The van der Waals surface area contributed by atoms with E-state index < -0.39 is 10.0 Å². The van der Waals surface area contributed by atoms with Crippen molar-refractivity contribution in [2.24, 2.45) is 0 Å². The fourth-order valence-corrected chi connectivity index (χ4v) is 4.05. The van der Waals surface area contributed by atoms with Crippen LogP contribution in [-0.2, 0) is 26.0 Å². The zero-order valence-electron chi connectivity index (χ0n) is 16.4. The first kappa shape index (κ1) is 21.6. The Bertz CT molecular complexity index is 1070. The van der Waals surface area contributed by atoms with Crippen LogP contribution in [0.5, 0.6) is 0 Å². The third-order valence-corrected chi connectivity index (χ3v) is 6.07. The van der Waals surface area contributed by atoms with Crippen LogP contribution in [-0.4, -0.2) is 32.8 Å². The summed E-state index contributed by atoms with van der Waals surface area (Å²) in [5, 5.41) is 5.24. The van der Waals surface area contributed by atoms with Crippen LogP contribution < -0.4 is 15.4 Å². The number of hydrogen-bond donors (Lipinski definition) is 3. The molecule has 1 aliphatic rings. The van der Waals surface area contributed by atoms with Crippen LogP contribution in [0.25, 0.3) is 0 Å². The average Bonchev–Trinajstić information content (AvgIpc) is 3.54. The van der Waals surface area contributed by atoms with Crippen LogP contribution in [0.1, 0.15) is 30.4 Å². The predicted octanol–water partition coefficient (Wildman–Crippen LogP) is 1.80. The van der Waals surface area contributed by atoms with E-state index in [9.17, 15) is 18.0 Å².